The lowest BCUT2D eigenvalue weighted by molar-refractivity contribution is -0.176. The number of hydrogen-bond acceptors (Lipinski definition) is 4. The van der Waals surface area contributed by atoms with Gasteiger partial charge in [-0.3, -0.25) is 4.57 Å². The molecule has 0 amide bonds. The molecule has 0 aromatic carbocycles. The van der Waals surface area contributed by atoms with E-state index in [0.29, 0.717) is 5.82 Å². The molecule has 1 N–H and O–H groups in total. The maximum absolute atomic E-state index is 12.1. The van der Waals surface area contributed by atoms with Crippen molar-refractivity contribution >= 4 is 5.97 Å². The number of hydrogen-bond donors (Lipinski definition) is 1. The van der Waals surface area contributed by atoms with Gasteiger partial charge < -0.3 is 4.74 Å². The Balaban J connectivity index is 2.10. The van der Waals surface area contributed by atoms with Gasteiger partial charge in [0.1, 0.15) is 17.5 Å². The fraction of sp³-hybridized carbons (Fsp3) is 0.750. The van der Waals surface area contributed by atoms with Crippen LogP contribution < -0.4 is 5.69 Å². The van der Waals surface area contributed by atoms with Crippen LogP contribution in [0.4, 0.5) is 0 Å². The van der Waals surface area contributed by atoms with Crippen molar-refractivity contribution in [2.24, 2.45) is 5.92 Å². The van der Waals surface area contributed by atoms with Crippen LogP contribution in [0.2, 0.25) is 0 Å². The van der Waals surface area contributed by atoms with Crippen molar-refractivity contribution in [2.45, 2.75) is 51.2 Å². The number of H-pyrrole nitrogens is 1. The summed E-state index contributed by atoms with van der Waals surface area (Å²) in [5.74, 6) is 0.691. The van der Waals surface area contributed by atoms with E-state index in [4.69, 9.17) is 4.74 Å². The minimum atomic E-state index is -0.504. The van der Waals surface area contributed by atoms with Crippen LogP contribution in [0, 0.1) is 5.92 Å². The molecule has 1 fully saturated rings. The molecule has 0 bridgehead atoms. The molecule has 3 heterocycles. The summed E-state index contributed by atoms with van der Waals surface area (Å²) >= 11 is 0. The monoisotopic (exact) mass is 251 g/mol. The molecular weight excluding hydrogens is 234 g/mol. The fourth-order valence-corrected chi connectivity index (χ4v) is 3.33. The summed E-state index contributed by atoms with van der Waals surface area (Å²) in [4.78, 5) is 23.9. The van der Waals surface area contributed by atoms with Gasteiger partial charge in [0.15, 0.2) is 0 Å². The van der Waals surface area contributed by atoms with E-state index in [1.54, 1.807) is 0 Å². The molecule has 1 saturated heterocycles. The Morgan fingerprint density at radius 3 is 2.89 bits per heavy atom. The molecule has 1 aromatic heterocycles. The zero-order valence-corrected chi connectivity index (χ0v) is 10.8. The van der Waals surface area contributed by atoms with Crippen molar-refractivity contribution in [3.8, 4) is 0 Å². The standard InChI is InChI=1S/C12H17N3O3/c1-6-4-7-5-12(2,3)18-10(16)8(7)15-9(6)13-14-11(15)17/h6-8H,4-5H2,1-3H3,(H,14,17). The van der Waals surface area contributed by atoms with Crippen LogP contribution in [-0.4, -0.2) is 26.3 Å². The number of esters is 1. The van der Waals surface area contributed by atoms with Crippen molar-refractivity contribution in [1.29, 1.82) is 0 Å². The third-order valence-electron chi connectivity index (χ3n) is 3.93. The number of aromatic nitrogens is 3. The van der Waals surface area contributed by atoms with Crippen molar-refractivity contribution in [3.63, 3.8) is 0 Å². The minimum Gasteiger partial charge on any atom is -0.458 e. The topological polar surface area (TPSA) is 77.0 Å². The van der Waals surface area contributed by atoms with Gasteiger partial charge in [-0.05, 0) is 32.6 Å². The summed E-state index contributed by atoms with van der Waals surface area (Å²) in [6, 6.07) is -0.504. The summed E-state index contributed by atoms with van der Waals surface area (Å²) in [6.07, 6.45) is 1.65. The molecule has 18 heavy (non-hydrogen) atoms. The lowest BCUT2D eigenvalue weighted by atomic mass is 9.77. The molecule has 0 saturated carbocycles. The van der Waals surface area contributed by atoms with Gasteiger partial charge in [-0.25, -0.2) is 14.7 Å². The number of cyclic esters (lactones) is 1. The summed E-state index contributed by atoms with van der Waals surface area (Å²) < 4.78 is 6.90. The summed E-state index contributed by atoms with van der Waals surface area (Å²) in [5.41, 5.74) is -0.758. The molecule has 3 unspecified atom stereocenters. The highest BCUT2D eigenvalue weighted by atomic mass is 16.6. The van der Waals surface area contributed by atoms with E-state index in [9.17, 15) is 9.59 Å². The zero-order chi connectivity index (χ0) is 13.1. The molecule has 2 aliphatic heterocycles. The van der Waals surface area contributed by atoms with Gasteiger partial charge in [-0.15, -0.1) is 0 Å². The Morgan fingerprint density at radius 1 is 1.44 bits per heavy atom. The quantitative estimate of drug-likeness (QED) is 0.697. The maximum atomic E-state index is 12.1. The predicted molar refractivity (Wildman–Crippen MR) is 63.2 cm³/mol. The fourth-order valence-electron chi connectivity index (χ4n) is 3.33. The normalized spacial score (nSPS) is 33.5. The number of carbonyl (C=O) groups is 1. The van der Waals surface area contributed by atoms with Crippen molar-refractivity contribution < 1.29 is 9.53 Å². The van der Waals surface area contributed by atoms with E-state index in [2.05, 4.69) is 10.2 Å². The molecule has 6 heteroatoms. The Morgan fingerprint density at radius 2 is 2.17 bits per heavy atom. The first-order valence-electron chi connectivity index (χ1n) is 6.29. The third-order valence-corrected chi connectivity index (χ3v) is 3.93. The lowest BCUT2D eigenvalue weighted by Gasteiger charge is -2.43. The van der Waals surface area contributed by atoms with Crippen LogP contribution in [0.25, 0.3) is 0 Å². The van der Waals surface area contributed by atoms with Crippen LogP contribution in [-0.2, 0) is 9.53 Å². The number of fused-ring (bicyclic) bond motifs is 3. The Labute approximate surface area is 104 Å². The van der Waals surface area contributed by atoms with Gasteiger partial charge in [-0.1, -0.05) is 6.92 Å². The first-order valence-corrected chi connectivity index (χ1v) is 6.29. The molecule has 98 valence electrons. The smallest absolute Gasteiger partial charge is 0.344 e. The maximum Gasteiger partial charge on any atom is 0.344 e. The van der Waals surface area contributed by atoms with Gasteiger partial charge in [0.2, 0.25) is 0 Å². The lowest BCUT2D eigenvalue weighted by Crippen LogP contribution is -2.49. The summed E-state index contributed by atoms with van der Waals surface area (Å²) in [7, 11) is 0. The first-order chi connectivity index (χ1) is 8.39. The van der Waals surface area contributed by atoms with E-state index >= 15 is 0 Å². The average Bonchev–Trinajstić information content (AvgIpc) is 2.59. The number of ether oxygens (including phenoxy) is 1. The van der Waals surface area contributed by atoms with Crippen LogP contribution in [0.3, 0.4) is 0 Å². The molecule has 1 aromatic rings. The van der Waals surface area contributed by atoms with Crippen molar-refractivity contribution in [1.82, 2.24) is 14.8 Å². The van der Waals surface area contributed by atoms with Crippen LogP contribution >= 0.6 is 0 Å². The van der Waals surface area contributed by atoms with E-state index in [-0.39, 0.29) is 23.5 Å². The van der Waals surface area contributed by atoms with Crippen LogP contribution in [0.1, 0.15) is 51.4 Å². The molecule has 0 spiro atoms. The number of carbonyl (C=O) groups excluding carboxylic acids is 1. The van der Waals surface area contributed by atoms with Gasteiger partial charge in [-0.2, -0.15) is 5.10 Å². The number of nitrogens with zero attached hydrogens (tertiary/aromatic N) is 2. The number of nitrogens with one attached hydrogen (secondary N) is 1. The second kappa shape index (κ2) is 3.46. The van der Waals surface area contributed by atoms with E-state index in [1.807, 2.05) is 20.8 Å². The minimum absolute atomic E-state index is 0.152. The Hall–Kier alpha value is -1.59. The van der Waals surface area contributed by atoms with Gasteiger partial charge in [0.25, 0.3) is 0 Å². The van der Waals surface area contributed by atoms with E-state index in [1.165, 1.54) is 4.57 Å². The number of rotatable bonds is 0. The molecule has 3 rings (SSSR count). The molecule has 0 radical (unpaired) electrons. The summed E-state index contributed by atoms with van der Waals surface area (Å²) in [6.45, 7) is 5.87. The second-order valence-corrected chi connectivity index (χ2v) is 5.98. The SMILES string of the molecule is CC1CC2CC(C)(C)OC(=O)C2n2c1n[nH]c2=O. The third kappa shape index (κ3) is 1.51. The molecule has 3 atom stereocenters. The van der Waals surface area contributed by atoms with E-state index < -0.39 is 11.6 Å². The van der Waals surface area contributed by atoms with Crippen LogP contribution in [0.5, 0.6) is 0 Å². The molecule has 0 aliphatic carbocycles. The molecule has 2 aliphatic rings. The highest BCUT2D eigenvalue weighted by molar-refractivity contribution is 5.76. The highest BCUT2D eigenvalue weighted by Gasteiger charge is 2.48. The van der Waals surface area contributed by atoms with Gasteiger partial charge >= 0.3 is 11.7 Å². The largest absolute Gasteiger partial charge is 0.458 e. The number of aromatic amines is 1. The second-order valence-electron chi connectivity index (χ2n) is 5.98. The predicted octanol–water partition coefficient (Wildman–Crippen LogP) is 0.961. The summed E-state index contributed by atoms with van der Waals surface area (Å²) in [5, 5.41) is 6.45. The van der Waals surface area contributed by atoms with Crippen LogP contribution in [0.15, 0.2) is 4.79 Å². The van der Waals surface area contributed by atoms with Crippen molar-refractivity contribution in [2.75, 3.05) is 0 Å². The molecule has 6 nitrogen and oxygen atoms in total. The Kier molecular flexibility index (Phi) is 2.21. The van der Waals surface area contributed by atoms with Gasteiger partial charge in [0, 0.05) is 5.92 Å². The van der Waals surface area contributed by atoms with Crippen molar-refractivity contribution in [3.05, 3.63) is 16.3 Å². The Bertz CT molecular complexity index is 557. The average molecular weight is 251 g/mol. The van der Waals surface area contributed by atoms with E-state index in [0.717, 1.165) is 12.8 Å². The highest BCUT2D eigenvalue weighted by Crippen LogP contribution is 2.44. The first kappa shape index (κ1) is 11.5. The van der Waals surface area contributed by atoms with Gasteiger partial charge in [0.05, 0.1) is 0 Å². The zero-order valence-electron chi connectivity index (χ0n) is 10.8. The molecular formula is C12H17N3O3.